The number of aromatic nitrogens is 2. The van der Waals surface area contributed by atoms with Gasteiger partial charge in [0, 0.05) is 5.56 Å². The smallest absolute Gasteiger partial charge is 0.374 e. The molecule has 158 valence electrons. The van der Waals surface area contributed by atoms with Gasteiger partial charge in [0.05, 0.1) is 27.5 Å². The minimum atomic E-state index is -3.66. The second kappa shape index (κ2) is 8.75. The molecule has 2 aromatic heterocycles. The van der Waals surface area contributed by atoms with Gasteiger partial charge in [0.2, 0.25) is 11.6 Å². The van der Waals surface area contributed by atoms with Gasteiger partial charge in [0.1, 0.15) is 0 Å². The highest BCUT2D eigenvalue weighted by Gasteiger charge is 2.24. The lowest BCUT2D eigenvalue weighted by Gasteiger charge is -2.05. The predicted octanol–water partition coefficient (Wildman–Crippen LogP) is 4.31. The summed E-state index contributed by atoms with van der Waals surface area (Å²) in [5, 5.41) is 4.20. The molecular weight excluding hydrogens is 444 g/mol. The van der Waals surface area contributed by atoms with E-state index < -0.39 is 21.6 Å². The summed E-state index contributed by atoms with van der Waals surface area (Å²) in [7, 11) is -3.66. The van der Waals surface area contributed by atoms with Crippen molar-refractivity contribution >= 4 is 27.4 Å². The molecule has 4 aromatic rings. The zero-order chi connectivity index (χ0) is 21.8. The number of nitrogens with zero attached hydrogens (tertiary/aromatic N) is 2. The molecule has 0 N–H and O–H groups in total. The molecule has 0 atom stereocenters. The summed E-state index contributed by atoms with van der Waals surface area (Å²) in [5.74, 6) is -1.14. The Morgan fingerprint density at radius 2 is 1.77 bits per heavy atom. The van der Waals surface area contributed by atoms with E-state index in [1.54, 1.807) is 42.5 Å². The van der Waals surface area contributed by atoms with Gasteiger partial charge in [0.15, 0.2) is 16.4 Å². The van der Waals surface area contributed by atoms with Crippen molar-refractivity contribution < 1.29 is 26.9 Å². The normalized spacial score (nSPS) is 11.4. The molecule has 0 radical (unpaired) electrons. The molecule has 0 amide bonds. The minimum absolute atomic E-state index is 0.119. The van der Waals surface area contributed by atoms with Crippen molar-refractivity contribution in [3.63, 3.8) is 0 Å². The highest BCUT2D eigenvalue weighted by Crippen LogP contribution is 2.26. The highest BCUT2D eigenvalue weighted by atomic mass is 35.5. The topological polar surface area (TPSA) is 112 Å². The molecule has 2 aromatic carbocycles. The first-order valence-corrected chi connectivity index (χ1v) is 11.1. The van der Waals surface area contributed by atoms with Crippen LogP contribution in [0.5, 0.6) is 0 Å². The van der Waals surface area contributed by atoms with E-state index in [0.29, 0.717) is 10.6 Å². The van der Waals surface area contributed by atoms with Crippen LogP contribution in [-0.4, -0.2) is 24.5 Å². The number of furan rings is 1. The number of ether oxygens (including phenoxy) is 1. The number of hydrogen-bond donors (Lipinski definition) is 0. The molecule has 31 heavy (non-hydrogen) atoms. The predicted molar refractivity (Wildman–Crippen MR) is 110 cm³/mol. The number of carbonyl (C=O) groups is 1. The van der Waals surface area contributed by atoms with Gasteiger partial charge in [0.25, 0.3) is 5.89 Å². The van der Waals surface area contributed by atoms with Crippen LogP contribution < -0.4 is 0 Å². The lowest BCUT2D eigenvalue weighted by Crippen LogP contribution is -2.11. The monoisotopic (exact) mass is 458 g/mol. The van der Waals surface area contributed by atoms with Gasteiger partial charge < -0.3 is 13.7 Å². The fourth-order valence-corrected chi connectivity index (χ4v) is 4.39. The van der Waals surface area contributed by atoms with Crippen LogP contribution in [0.15, 0.2) is 80.8 Å². The molecule has 2 heterocycles. The lowest BCUT2D eigenvalue weighted by atomic mass is 10.2. The summed E-state index contributed by atoms with van der Waals surface area (Å²) in [6.07, 6.45) is 1.23. The highest BCUT2D eigenvalue weighted by molar-refractivity contribution is 7.90. The molecule has 0 fully saturated rings. The van der Waals surface area contributed by atoms with Crippen LogP contribution in [0.2, 0.25) is 5.02 Å². The van der Waals surface area contributed by atoms with Crippen LogP contribution in [-0.2, 0) is 26.9 Å². The Labute approximate surface area is 182 Å². The SMILES string of the molecule is O=C(OCc1noc(-c2ccccc2Cl)n1)c1occc1CS(=O)(=O)c1ccccc1. The Morgan fingerprint density at radius 3 is 2.55 bits per heavy atom. The van der Waals surface area contributed by atoms with Crippen LogP contribution >= 0.6 is 11.6 Å². The average Bonchev–Trinajstić information content (AvgIpc) is 3.42. The largest absolute Gasteiger partial charge is 0.457 e. The van der Waals surface area contributed by atoms with Crippen LogP contribution in [0.1, 0.15) is 21.9 Å². The van der Waals surface area contributed by atoms with E-state index in [1.807, 2.05) is 0 Å². The maximum Gasteiger partial charge on any atom is 0.374 e. The second-order valence-corrected chi connectivity index (χ2v) is 8.82. The van der Waals surface area contributed by atoms with Crippen LogP contribution in [0.25, 0.3) is 11.5 Å². The van der Waals surface area contributed by atoms with Gasteiger partial charge in [-0.25, -0.2) is 13.2 Å². The fraction of sp³-hybridized carbons (Fsp3) is 0.0952. The standard InChI is InChI=1S/C21H15ClN2O6S/c22-17-9-5-4-8-16(17)20-23-18(24-30-20)12-29-21(25)19-14(10-11-28-19)13-31(26,27)15-6-2-1-3-7-15/h1-11H,12-13H2. The van der Waals surface area contributed by atoms with E-state index >= 15 is 0 Å². The molecule has 0 aliphatic carbocycles. The molecule has 0 bridgehead atoms. The maximum atomic E-state index is 12.6. The first-order valence-electron chi connectivity index (χ1n) is 9.03. The van der Waals surface area contributed by atoms with Crippen molar-refractivity contribution in [2.75, 3.05) is 0 Å². The first-order chi connectivity index (χ1) is 14.9. The van der Waals surface area contributed by atoms with Crippen molar-refractivity contribution in [1.29, 1.82) is 0 Å². The fourth-order valence-electron chi connectivity index (χ4n) is 2.80. The third-order valence-corrected chi connectivity index (χ3v) is 6.30. The molecule has 8 nitrogen and oxygen atoms in total. The third kappa shape index (κ3) is 4.68. The maximum absolute atomic E-state index is 12.6. The lowest BCUT2D eigenvalue weighted by molar-refractivity contribution is 0.0422. The van der Waals surface area contributed by atoms with E-state index in [-0.39, 0.29) is 34.5 Å². The van der Waals surface area contributed by atoms with Crippen LogP contribution in [0, 0.1) is 0 Å². The Hall–Kier alpha value is -3.43. The number of carbonyl (C=O) groups excluding carboxylic acids is 1. The Morgan fingerprint density at radius 1 is 1.03 bits per heavy atom. The minimum Gasteiger partial charge on any atom is -0.457 e. The summed E-state index contributed by atoms with van der Waals surface area (Å²) >= 11 is 6.10. The zero-order valence-electron chi connectivity index (χ0n) is 15.9. The van der Waals surface area contributed by atoms with Gasteiger partial charge in [-0.05, 0) is 30.3 Å². The number of esters is 1. The zero-order valence-corrected chi connectivity index (χ0v) is 17.5. The summed E-state index contributed by atoms with van der Waals surface area (Å²) in [6.45, 7) is -0.293. The third-order valence-electron chi connectivity index (χ3n) is 4.28. The van der Waals surface area contributed by atoms with Crippen molar-refractivity contribution in [3.05, 3.63) is 89.1 Å². The van der Waals surface area contributed by atoms with Gasteiger partial charge in [-0.3, -0.25) is 0 Å². The molecule has 0 aliphatic rings. The van der Waals surface area contributed by atoms with Crippen molar-refractivity contribution in [2.24, 2.45) is 0 Å². The number of rotatable bonds is 7. The molecule has 0 spiro atoms. The summed E-state index contributed by atoms with van der Waals surface area (Å²) in [4.78, 5) is 16.7. The summed E-state index contributed by atoms with van der Waals surface area (Å²) in [5.41, 5.74) is 0.743. The Bertz CT molecular complexity index is 1310. The van der Waals surface area contributed by atoms with E-state index in [9.17, 15) is 13.2 Å². The molecule has 4 rings (SSSR count). The summed E-state index contributed by atoms with van der Waals surface area (Å²) < 4.78 is 40.7. The Balaban J connectivity index is 1.44. The van der Waals surface area contributed by atoms with Gasteiger partial charge >= 0.3 is 5.97 Å². The Kier molecular flexibility index (Phi) is 5.88. The van der Waals surface area contributed by atoms with E-state index in [1.165, 1.54) is 24.5 Å². The van der Waals surface area contributed by atoms with Gasteiger partial charge in [-0.15, -0.1) is 0 Å². The molecule has 10 heteroatoms. The second-order valence-electron chi connectivity index (χ2n) is 6.42. The number of hydrogen-bond acceptors (Lipinski definition) is 8. The molecule has 0 saturated heterocycles. The number of benzene rings is 2. The van der Waals surface area contributed by atoms with Crippen LogP contribution in [0.3, 0.4) is 0 Å². The van der Waals surface area contributed by atoms with Crippen molar-refractivity contribution in [3.8, 4) is 11.5 Å². The van der Waals surface area contributed by atoms with Crippen LogP contribution in [0.4, 0.5) is 0 Å². The molecule has 0 aliphatic heterocycles. The average molecular weight is 459 g/mol. The van der Waals surface area contributed by atoms with Gasteiger partial charge in [-0.2, -0.15) is 4.98 Å². The molecular formula is C21H15ClN2O6S. The van der Waals surface area contributed by atoms with Crippen molar-refractivity contribution in [1.82, 2.24) is 10.1 Å². The van der Waals surface area contributed by atoms with E-state index in [2.05, 4.69) is 10.1 Å². The van der Waals surface area contributed by atoms with E-state index in [0.717, 1.165) is 0 Å². The molecule has 0 unspecified atom stereocenters. The quantitative estimate of drug-likeness (QED) is 0.376. The van der Waals surface area contributed by atoms with Gasteiger partial charge in [-0.1, -0.05) is 47.1 Å². The van der Waals surface area contributed by atoms with Crippen molar-refractivity contribution in [2.45, 2.75) is 17.3 Å². The molecule has 0 saturated carbocycles. The van der Waals surface area contributed by atoms with E-state index in [4.69, 9.17) is 25.3 Å². The summed E-state index contributed by atoms with van der Waals surface area (Å²) in [6, 6.07) is 16.3. The number of halogens is 1. The number of sulfone groups is 1. The first kappa shape index (κ1) is 20.8.